The predicted octanol–water partition coefficient (Wildman–Crippen LogP) is 1.57. The second-order valence-electron chi connectivity index (χ2n) is 3.67. The largest absolute Gasteiger partial charge is 0.493 e. The summed E-state index contributed by atoms with van der Waals surface area (Å²) in [6.07, 6.45) is 0.772. The van der Waals surface area contributed by atoms with E-state index in [1.807, 2.05) is 25.1 Å². The van der Waals surface area contributed by atoms with Crippen LogP contribution < -0.4 is 14.8 Å². The molecule has 0 fully saturated rings. The molecule has 0 aliphatic carbocycles. The van der Waals surface area contributed by atoms with Crippen molar-refractivity contribution in [2.24, 2.45) is 0 Å². The lowest BCUT2D eigenvalue weighted by Gasteiger charge is -2.11. The average Bonchev–Trinajstić information content (AvgIpc) is 2.36. The smallest absolute Gasteiger partial charge is 0.161 e. The Kier molecular flexibility index (Phi) is 6.43. The van der Waals surface area contributed by atoms with E-state index in [4.69, 9.17) is 14.6 Å². The first kappa shape index (κ1) is 13.8. The lowest BCUT2D eigenvalue weighted by atomic mass is 10.2. The highest BCUT2D eigenvalue weighted by Crippen LogP contribution is 2.27. The van der Waals surface area contributed by atoms with Gasteiger partial charge in [0.25, 0.3) is 0 Å². The summed E-state index contributed by atoms with van der Waals surface area (Å²) in [6, 6.07) is 5.90. The normalized spacial score (nSPS) is 10.3. The minimum absolute atomic E-state index is 0.222. The molecule has 0 unspecified atom stereocenters. The summed E-state index contributed by atoms with van der Waals surface area (Å²) in [5, 5.41) is 11.9. The zero-order valence-electron chi connectivity index (χ0n) is 10.5. The van der Waals surface area contributed by atoms with Gasteiger partial charge in [-0.2, -0.15) is 0 Å². The van der Waals surface area contributed by atoms with Crippen molar-refractivity contribution in [3.8, 4) is 11.5 Å². The van der Waals surface area contributed by atoms with E-state index in [0.717, 1.165) is 36.6 Å². The van der Waals surface area contributed by atoms with Crippen molar-refractivity contribution in [1.29, 1.82) is 0 Å². The third-order valence-electron chi connectivity index (χ3n) is 2.37. The Hall–Kier alpha value is -1.26. The van der Waals surface area contributed by atoms with E-state index in [1.165, 1.54) is 0 Å². The SMILES string of the molecule is CCOc1ccc(CNCCCO)cc1OC. The van der Waals surface area contributed by atoms with Gasteiger partial charge in [-0.3, -0.25) is 0 Å². The second kappa shape index (κ2) is 7.92. The zero-order chi connectivity index (χ0) is 12.5. The zero-order valence-corrected chi connectivity index (χ0v) is 10.5. The highest BCUT2D eigenvalue weighted by Gasteiger charge is 2.04. The van der Waals surface area contributed by atoms with Crippen LogP contribution in [0.4, 0.5) is 0 Å². The van der Waals surface area contributed by atoms with Crippen LogP contribution in [0.25, 0.3) is 0 Å². The topological polar surface area (TPSA) is 50.7 Å². The lowest BCUT2D eigenvalue weighted by molar-refractivity contribution is 0.286. The van der Waals surface area contributed by atoms with Gasteiger partial charge in [0.15, 0.2) is 11.5 Å². The van der Waals surface area contributed by atoms with E-state index in [0.29, 0.717) is 6.61 Å². The minimum Gasteiger partial charge on any atom is -0.493 e. The van der Waals surface area contributed by atoms with Crippen molar-refractivity contribution in [1.82, 2.24) is 5.32 Å². The predicted molar refractivity (Wildman–Crippen MR) is 67.6 cm³/mol. The molecule has 0 spiro atoms. The van der Waals surface area contributed by atoms with Crippen LogP contribution >= 0.6 is 0 Å². The molecule has 4 heteroatoms. The molecule has 2 N–H and O–H groups in total. The number of hydrogen-bond acceptors (Lipinski definition) is 4. The van der Waals surface area contributed by atoms with Crippen molar-refractivity contribution < 1.29 is 14.6 Å². The molecule has 0 saturated carbocycles. The number of ether oxygens (including phenoxy) is 2. The third-order valence-corrected chi connectivity index (χ3v) is 2.37. The maximum absolute atomic E-state index is 8.66. The van der Waals surface area contributed by atoms with E-state index in [9.17, 15) is 0 Å². The molecule has 0 aliphatic rings. The number of aliphatic hydroxyl groups is 1. The first-order chi connectivity index (χ1) is 8.31. The quantitative estimate of drug-likeness (QED) is 0.676. The molecule has 0 bridgehead atoms. The molecular formula is C13H21NO3. The average molecular weight is 239 g/mol. The maximum atomic E-state index is 8.66. The van der Waals surface area contributed by atoms with Gasteiger partial charge in [0.05, 0.1) is 13.7 Å². The van der Waals surface area contributed by atoms with Gasteiger partial charge in [0.2, 0.25) is 0 Å². The molecule has 1 rings (SSSR count). The highest BCUT2D eigenvalue weighted by molar-refractivity contribution is 5.42. The van der Waals surface area contributed by atoms with Crippen molar-refractivity contribution in [2.45, 2.75) is 19.9 Å². The Labute approximate surface area is 103 Å². The molecular weight excluding hydrogens is 218 g/mol. The van der Waals surface area contributed by atoms with Crippen molar-refractivity contribution in [2.75, 3.05) is 26.9 Å². The summed E-state index contributed by atoms with van der Waals surface area (Å²) in [6.45, 7) is 4.38. The molecule has 1 aromatic rings. The standard InChI is InChI=1S/C13H21NO3/c1-3-17-12-6-5-11(9-13(12)16-2)10-14-7-4-8-15/h5-6,9,14-15H,3-4,7-8,10H2,1-2H3. The lowest BCUT2D eigenvalue weighted by Crippen LogP contribution is -2.15. The highest BCUT2D eigenvalue weighted by atomic mass is 16.5. The molecule has 17 heavy (non-hydrogen) atoms. The molecule has 0 heterocycles. The number of nitrogens with one attached hydrogen (secondary N) is 1. The first-order valence-electron chi connectivity index (χ1n) is 5.93. The van der Waals surface area contributed by atoms with Crippen LogP contribution in [0.1, 0.15) is 18.9 Å². The van der Waals surface area contributed by atoms with E-state index in [-0.39, 0.29) is 6.61 Å². The van der Waals surface area contributed by atoms with Crippen molar-refractivity contribution >= 4 is 0 Å². The Balaban J connectivity index is 2.56. The van der Waals surface area contributed by atoms with Gasteiger partial charge in [-0.1, -0.05) is 6.07 Å². The number of benzene rings is 1. The summed E-state index contributed by atoms with van der Waals surface area (Å²) in [7, 11) is 1.64. The molecule has 0 aromatic heterocycles. The molecule has 0 aliphatic heterocycles. The Morgan fingerprint density at radius 2 is 2.12 bits per heavy atom. The molecule has 0 amide bonds. The van der Waals surface area contributed by atoms with E-state index in [1.54, 1.807) is 7.11 Å². The molecule has 1 aromatic carbocycles. The molecule has 4 nitrogen and oxygen atoms in total. The van der Waals surface area contributed by atoms with E-state index in [2.05, 4.69) is 5.32 Å². The minimum atomic E-state index is 0.222. The molecule has 0 saturated heterocycles. The van der Waals surface area contributed by atoms with Gasteiger partial charge in [0, 0.05) is 13.2 Å². The molecule has 96 valence electrons. The van der Waals surface area contributed by atoms with E-state index >= 15 is 0 Å². The Morgan fingerprint density at radius 3 is 2.76 bits per heavy atom. The van der Waals surface area contributed by atoms with Gasteiger partial charge in [0.1, 0.15) is 0 Å². The Bertz CT molecular complexity index is 328. The van der Waals surface area contributed by atoms with Gasteiger partial charge < -0.3 is 19.9 Å². The molecule has 0 atom stereocenters. The molecule has 0 radical (unpaired) electrons. The number of aliphatic hydroxyl groups excluding tert-OH is 1. The fraction of sp³-hybridized carbons (Fsp3) is 0.538. The van der Waals surface area contributed by atoms with Crippen LogP contribution in [0, 0.1) is 0 Å². The number of rotatable bonds is 8. The van der Waals surface area contributed by atoms with Crippen LogP contribution in [0.3, 0.4) is 0 Å². The van der Waals surface area contributed by atoms with Crippen LogP contribution in [-0.4, -0.2) is 32.0 Å². The van der Waals surface area contributed by atoms with Crippen molar-refractivity contribution in [3.05, 3.63) is 23.8 Å². The first-order valence-corrected chi connectivity index (χ1v) is 5.93. The van der Waals surface area contributed by atoms with Crippen LogP contribution in [0.2, 0.25) is 0 Å². The van der Waals surface area contributed by atoms with Crippen LogP contribution in [0.15, 0.2) is 18.2 Å². The Morgan fingerprint density at radius 1 is 1.29 bits per heavy atom. The number of methoxy groups -OCH3 is 1. The summed E-state index contributed by atoms with van der Waals surface area (Å²) >= 11 is 0. The monoisotopic (exact) mass is 239 g/mol. The third kappa shape index (κ3) is 4.63. The fourth-order valence-electron chi connectivity index (χ4n) is 1.53. The van der Waals surface area contributed by atoms with E-state index < -0.39 is 0 Å². The van der Waals surface area contributed by atoms with Crippen LogP contribution in [-0.2, 0) is 6.54 Å². The van der Waals surface area contributed by atoms with Crippen molar-refractivity contribution in [3.63, 3.8) is 0 Å². The van der Waals surface area contributed by atoms with Gasteiger partial charge in [-0.15, -0.1) is 0 Å². The second-order valence-corrected chi connectivity index (χ2v) is 3.67. The maximum Gasteiger partial charge on any atom is 0.161 e. The van der Waals surface area contributed by atoms with Gasteiger partial charge in [-0.25, -0.2) is 0 Å². The number of hydrogen-bond donors (Lipinski definition) is 2. The summed E-state index contributed by atoms with van der Waals surface area (Å²) < 4.78 is 10.7. The van der Waals surface area contributed by atoms with Gasteiger partial charge >= 0.3 is 0 Å². The fourth-order valence-corrected chi connectivity index (χ4v) is 1.53. The summed E-state index contributed by atoms with van der Waals surface area (Å²) in [4.78, 5) is 0. The van der Waals surface area contributed by atoms with Crippen LogP contribution in [0.5, 0.6) is 11.5 Å². The summed E-state index contributed by atoms with van der Waals surface area (Å²) in [5.74, 6) is 1.53. The summed E-state index contributed by atoms with van der Waals surface area (Å²) in [5.41, 5.74) is 1.14. The van der Waals surface area contributed by atoms with Gasteiger partial charge in [-0.05, 0) is 37.6 Å².